The molecule has 0 unspecified atom stereocenters. The van der Waals surface area contributed by atoms with E-state index in [4.69, 9.17) is 16.1 Å². The smallest absolute Gasteiger partial charge is 0.241 e. The average Bonchev–Trinajstić information content (AvgIpc) is 3.38. The molecule has 5 rings (SSSR count). The van der Waals surface area contributed by atoms with Gasteiger partial charge in [-0.15, -0.1) is 0 Å². The monoisotopic (exact) mass is 521 g/mol. The van der Waals surface area contributed by atoms with E-state index in [1.807, 2.05) is 24.3 Å². The summed E-state index contributed by atoms with van der Waals surface area (Å²) in [5.41, 5.74) is 3.37. The maximum atomic E-state index is 12.9. The first-order valence-corrected chi connectivity index (χ1v) is 13.8. The van der Waals surface area contributed by atoms with Gasteiger partial charge in [-0.2, -0.15) is 4.98 Å². The lowest BCUT2D eigenvalue weighted by Crippen LogP contribution is -2.40. The number of rotatable bonds is 8. The fraction of sp³-hybridized carbons (Fsp3) is 0.483. The highest BCUT2D eigenvalue weighted by Crippen LogP contribution is 2.22. The number of piperidine rings is 2. The minimum Gasteiger partial charge on any atom is -0.352 e. The van der Waals surface area contributed by atoms with E-state index in [2.05, 4.69) is 56.4 Å². The summed E-state index contributed by atoms with van der Waals surface area (Å²) in [4.78, 5) is 22.2. The fourth-order valence-corrected chi connectivity index (χ4v) is 5.36. The molecule has 3 aromatic rings. The molecule has 37 heavy (non-hydrogen) atoms. The van der Waals surface area contributed by atoms with Crippen LogP contribution in [0.1, 0.15) is 49.6 Å². The van der Waals surface area contributed by atoms with Crippen molar-refractivity contribution in [2.24, 2.45) is 11.8 Å². The van der Waals surface area contributed by atoms with Gasteiger partial charge >= 0.3 is 0 Å². The first-order chi connectivity index (χ1) is 18.0. The predicted molar refractivity (Wildman–Crippen MR) is 145 cm³/mol. The van der Waals surface area contributed by atoms with Gasteiger partial charge in [-0.05, 0) is 93.2 Å². The number of aromatic nitrogens is 2. The minimum absolute atomic E-state index is 0.0436. The van der Waals surface area contributed by atoms with Crippen LogP contribution in [0.5, 0.6) is 0 Å². The second kappa shape index (κ2) is 12.2. The maximum Gasteiger partial charge on any atom is 0.241 e. The second-order valence-corrected chi connectivity index (χ2v) is 11.0. The van der Waals surface area contributed by atoms with Crippen molar-refractivity contribution in [1.29, 1.82) is 0 Å². The Hall–Kier alpha value is -2.74. The third kappa shape index (κ3) is 7.18. The van der Waals surface area contributed by atoms with Crippen LogP contribution in [0.15, 0.2) is 53.1 Å². The lowest BCUT2D eigenvalue weighted by Gasteiger charge is -2.30. The van der Waals surface area contributed by atoms with E-state index >= 15 is 0 Å². The largest absolute Gasteiger partial charge is 0.352 e. The van der Waals surface area contributed by atoms with E-state index in [1.54, 1.807) is 0 Å². The zero-order chi connectivity index (χ0) is 25.6. The summed E-state index contributed by atoms with van der Waals surface area (Å²) in [5, 5.41) is 7.95. The van der Waals surface area contributed by atoms with Crippen molar-refractivity contribution in [1.82, 2.24) is 25.3 Å². The van der Waals surface area contributed by atoms with Crippen LogP contribution in [0.25, 0.3) is 11.4 Å². The van der Waals surface area contributed by atoms with Crippen LogP contribution in [0.2, 0.25) is 5.02 Å². The quantitative estimate of drug-likeness (QED) is 0.442. The average molecular weight is 522 g/mol. The molecular formula is C29H36ClN5O2. The molecule has 8 heteroatoms. The van der Waals surface area contributed by atoms with Gasteiger partial charge in [0.1, 0.15) is 0 Å². The Morgan fingerprint density at radius 2 is 1.65 bits per heavy atom. The number of carbonyl (C=O) groups excluding carboxylic acids is 1. The number of nitrogens with zero attached hydrogens (tertiary/aromatic N) is 4. The standard InChI is InChI=1S/C29H36ClN5O2/c1-21-9-13-34(14-10-21)19-23-4-2-3-22(17-23)18-31-29(36)25-11-15-35(16-12-25)20-27-32-28(33-37-27)24-5-7-26(30)8-6-24/h2-8,17,21,25H,9-16,18-20H2,1H3,(H,31,36). The van der Waals surface area contributed by atoms with Crippen molar-refractivity contribution in [3.8, 4) is 11.4 Å². The first-order valence-electron chi connectivity index (χ1n) is 13.4. The van der Waals surface area contributed by atoms with Gasteiger partial charge < -0.3 is 9.84 Å². The molecule has 1 N–H and O–H groups in total. The van der Waals surface area contributed by atoms with E-state index in [0.717, 1.165) is 44.0 Å². The van der Waals surface area contributed by atoms with Crippen molar-refractivity contribution in [3.05, 3.63) is 70.6 Å². The van der Waals surface area contributed by atoms with Crippen LogP contribution in [0, 0.1) is 11.8 Å². The number of halogens is 1. The van der Waals surface area contributed by atoms with Gasteiger partial charge in [0, 0.05) is 29.6 Å². The van der Waals surface area contributed by atoms with Crippen LogP contribution >= 0.6 is 11.6 Å². The van der Waals surface area contributed by atoms with Crippen LogP contribution in [0.3, 0.4) is 0 Å². The van der Waals surface area contributed by atoms with Crippen molar-refractivity contribution in [2.75, 3.05) is 26.2 Å². The Morgan fingerprint density at radius 3 is 2.41 bits per heavy atom. The summed E-state index contributed by atoms with van der Waals surface area (Å²) < 4.78 is 5.46. The molecule has 0 radical (unpaired) electrons. The Bertz CT molecular complexity index is 1170. The molecule has 0 bridgehead atoms. The number of nitrogens with one attached hydrogen (secondary N) is 1. The molecule has 2 saturated heterocycles. The number of carbonyl (C=O) groups is 1. The number of hydrogen-bond acceptors (Lipinski definition) is 6. The molecule has 0 spiro atoms. The van der Waals surface area contributed by atoms with E-state index in [9.17, 15) is 4.79 Å². The lowest BCUT2D eigenvalue weighted by atomic mass is 9.95. The third-order valence-corrected chi connectivity index (χ3v) is 7.88. The Kier molecular flexibility index (Phi) is 8.54. The van der Waals surface area contributed by atoms with Crippen LogP contribution in [0.4, 0.5) is 0 Å². The molecule has 7 nitrogen and oxygen atoms in total. The van der Waals surface area contributed by atoms with Crippen molar-refractivity contribution in [3.63, 3.8) is 0 Å². The molecule has 0 aliphatic carbocycles. The first kappa shape index (κ1) is 25.9. The third-order valence-electron chi connectivity index (χ3n) is 7.63. The van der Waals surface area contributed by atoms with Crippen LogP contribution in [-0.4, -0.2) is 52.0 Å². The van der Waals surface area contributed by atoms with Gasteiger partial charge in [-0.25, -0.2) is 0 Å². The van der Waals surface area contributed by atoms with Crippen molar-refractivity contribution < 1.29 is 9.32 Å². The molecule has 1 aromatic heterocycles. The maximum absolute atomic E-state index is 12.9. The summed E-state index contributed by atoms with van der Waals surface area (Å²) >= 11 is 5.96. The summed E-state index contributed by atoms with van der Waals surface area (Å²) in [5.74, 6) is 2.19. The molecule has 2 aromatic carbocycles. The molecule has 0 atom stereocenters. The molecule has 196 valence electrons. The van der Waals surface area contributed by atoms with Gasteiger partial charge in [0.2, 0.25) is 17.6 Å². The zero-order valence-corrected chi connectivity index (χ0v) is 22.3. The Morgan fingerprint density at radius 1 is 0.973 bits per heavy atom. The number of amides is 1. The molecular weight excluding hydrogens is 486 g/mol. The van der Waals surface area contributed by atoms with E-state index in [1.165, 1.54) is 37.1 Å². The van der Waals surface area contributed by atoms with Gasteiger partial charge in [0.15, 0.2) is 0 Å². The highest BCUT2D eigenvalue weighted by Gasteiger charge is 2.26. The summed E-state index contributed by atoms with van der Waals surface area (Å²) in [7, 11) is 0. The van der Waals surface area contributed by atoms with Crippen LogP contribution < -0.4 is 5.32 Å². The highest BCUT2D eigenvalue weighted by atomic mass is 35.5. The fourth-order valence-electron chi connectivity index (χ4n) is 5.23. The molecule has 1 amide bonds. The highest BCUT2D eigenvalue weighted by molar-refractivity contribution is 6.30. The lowest BCUT2D eigenvalue weighted by molar-refractivity contribution is -0.126. The predicted octanol–water partition coefficient (Wildman–Crippen LogP) is 5.15. The van der Waals surface area contributed by atoms with Crippen molar-refractivity contribution >= 4 is 17.5 Å². The number of hydrogen-bond donors (Lipinski definition) is 1. The minimum atomic E-state index is 0.0436. The number of likely N-dealkylation sites (tertiary alicyclic amines) is 2. The summed E-state index contributed by atoms with van der Waals surface area (Å²) in [6.45, 7) is 8.54. The van der Waals surface area contributed by atoms with E-state index < -0.39 is 0 Å². The van der Waals surface area contributed by atoms with Gasteiger partial charge in [-0.1, -0.05) is 47.9 Å². The summed E-state index contributed by atoms with van der Waals surface area (Å²) in [6, 6.07) is 16.0. The molecule has 0 saturated carbocycles. The SMILES string of the molecule is CC1CCN(Cc2cccc(CNC(=O)C3CCN(Cc4nc(-c5ccc(Cl)cc5)no4)CC3)c2)CC1. The molecule has 2 fully saturated rings. The van der Waals surface area contributed by atoms with E-state index in [0.29, 0.717) is 29.8 Å². The topological polar surface area (TPSA) is 74.5 Å². The number of benzene rings is 2. The second-order valence-electron chi connectivity index (χ2n) is 10.6. The molecule has 2 aliphatic rings. The van der Waals surface area contributed by atoms with E-state index in [-0.39, 0.29) is 11.8 Å². The molecule has 2 aliphatic heterocycles. The summed E-state index contributed by atoms with van der Waals surface area (Å²) in [6.07, 6.45) is 4.23. The van der Waals surface area contributed by atoms with Gasteiger partial charge in [-0.3, -0.25) is 14.6 Å². The van der Waals surface area contributed by atoms with Gasteiger partial charge in [0.05, 0.1) is 6.54 Å². The Balaban J connectivity index is 1.05. The van der Waals surface area contributed by atoms with Crippen LogP contribution in [-0.2, 0) is 24.4 Å². The Labute approximate surface area is 224 Å². The normalized spacial score (nSPS) is 18.2. The van der Waals surface area contributed by atoms with Crippen molar-refractivity contribution in [2.45, 2.75) is 52.2 Å². The van der Waals surface area contributed by atoms with Gasteiger partial charge in [0.25, 0.3) is 0 Å². The molecule has 3 heterocycles. The zero-order valence-electron chi connectivity index (χ0n) is 21.5.